The van der Waals surface area contributed by atoms with Gasteiger partial charge in [0.2, 0.25) is 0 Å². The lowest BCUT2D eigenvalue weighted by atomic mass is 9.86. The Morgan fingerprint density at radius 1 is 1.58 bits per heavy atom. The van der Waals surface area contributed by atoms with E-state index in [9.17, 15) is 0 Å². The minimum absolute atomic E-state index is 0.114. The average molecular weight is 164 g/mol. The molecule has 0 unspecified atom stereocenters. The lowest BCUT2D eigenvalue weighted by Crippen LogP contribution is -2.25. The Balaban J connectivity index is 2.90. The number of hydrogen-bond donors (Lipinski definition) is 0. The molecule has 0 bridgehead atoms. The lowest BCUT2D eigenvalue weighted by Gasteiger charge is -2.32. The Bertz CT molecular complexity index is 236. The number of allylic oxidation sites excluding steroid dienone is 1. The van der Waals surface area contributed by atoms with Crippen molar-refractivity contribution in [1.29, 1.82) is 0 Å². The normalized spacial score (nSPS) is 27.6. The van der Waals surface area contributed by atoms with Crippen LogP contribution >= 0.6 is 0 Å². The summed E-state index contributed by atoms with van der Waals surface area (Å²) in [6, 6.07) is 0. The summed E-state index contributed by atoms with van der Waals surface area (Å²) in [6.45, 7) is 8.42. The highest BCUT2D eigenvalue weighted by molar-refractivity contribution is 5.60. The maximum Gasteiger partial charge on any atom is 0.0426 e. The van der Waals surface area contributed by atoms with Crippen molar-refractivity contribution >= 4 is 6.21 Å². The van der Waals surface area contributed by atoms with E-state index in [1.165, 1.54) is 0 Å². The Hall–Kier alpha value is -1.05. The summed E-state index contributed by atoms with van der Waals surface area (Å²) in [5, 5.41) is 0. The van der Waals surface area contributed by atoms with Gasteiger partial charge in [0, 0.05) is 36.8 Å². The van der Waals surface area contributed by atoms with Gasteiger partial charge in [-0.3, -0.25) is 4.99 Å². The van der Waals surface area contributed by atoms with Crippen LogP contribution in [0.5, 0.6) is 0 Å². The van der Waals surface area contributed by atoms with Crippen molar-refractivity contribution in [3.05, 3.63) is 24.7 Å². The fourth-order valence-electron chi connectivity index (χ4n) is 1.17. The van der Waals surface area contributed by atoms with E-state index in [0.29, 0.717) is 0 Å². The van der Waals surface area contributed by atoms with E-state index in [1.54, 1.807) is 6.20 Å². The van der Waals surface area contributed by atoms with Gasteiger partial charge < -0.3 is 4.90 Å². The molecule has 0 aliphatic carbocycles. The van der Waals surface area contributed by atoms with Crippen molar-refractivity contribution < 1.29 is 0 Å². The van der Waals surface area contributed by atoms with Crippen LogP contribution in [0, 0.1) is 5.41 Å². The molecule has 0 atom stereocenters. The maximum absolute atomic E-state index is 4.12. The molecule has 0 aromatic heterocycles. The van der Waals surface area contributed by atoms with Crippen molar-refractivity contribution in [1.82, 2.24) is 4.90 Å². The first-order valence-electron chi connectivity index (χ1n) is 4.14. The summed E-state index contributed by atoms with van der Waals surface area (Å²) in [4.78, 5) is 6.15. The van der Waals surface area contributed by atoms with Gasteiger partial charge in [0.25, 0.3) is 0 Å². The maximum atomic E-state index is 4.12. The number of rotatable bonds is 0. The Morgan fingerprint density at radius 2 is 2.25 bits per heavy atom. The largest absolute Gasteiger partial charge is 0.353 e. The SMILES string of the molecule is C=C1N(C)/C=C\N=C/CC1(C)C. The van der Waals surface area contributed by atoms with Crippen LogP contribution in [0.2, 0.25) is 0 Å². The molecule has 0 aromatic carbocycles. The van der Waals surface area contributed by atoms with Crippen molar-refractivity contribution in [3.63, 3.8) is 0 Å². The van der Waals surface area contributed by atoms with E-state index in [4.69, 9.17) is 0 Å². The van der Waals surface area contributed by atoms with Crippen LogP contribution in [0.15, 0.2) is 29.7 Å². The van der Waals surface area contributed by atoms with E-state index in [0.717, 1.165) is 12.1 Å². The summed E-state index contributed by atoms with van der Waals surface area (Å²) in [7, 11) is 2.00. The minimum atomic E-state index is 0.114. The molecule has 0 N–H and O–H groups in total. The summed E-state index contributed by atoms with van der Waals surface area (Å²) in [5.74, 6) is 0. The zero-order chi connectivity index (χ0) is 9.19. The zero-order valence-corrected chi connectivity index (χ0v) is 8.04. The fourth-order valence-corrected chi connectivity index (χ4v) is 1.17. The van der Waals surface area contributed by atoms with Gasteiger partial charge in [-0.05, 0) is 6.42 Å². The van der Waals surface area contributed by atoms with Gasteiger partial charge in [-0.25, -0.2) is 0 Å². The van der Waals surface area contributed by atoms with Gasteiger partial charge in [0.15, 0.2) is 0 Å². The monoisotopic (exact) mass is 164 g/mol. The van der Waals surface area contributed by atoms with Gasteiger partial charge in [-0.2, -0.15) is 0 Å². The van der Waals surface area contributed by atoms with E-state index >= 15 is 0 Å². The van der Waals surface area contributed by atoms with Crippen LogP contribution in [0.3, 0.4) is 0 Å². The molecule has 0 radical (unpaired) electrons. The second-order valence-electron chi connectivity index (χ2n) is 3.78. The van der Waals surface area contributed by atoms with Gasteiger partial charge in [0.1, 0.15) is 0 Å². The molecule has 0 amide bonds. The third kappa shape index (κ3) is 1.76. The Morgan fingerprint density at radius 3 is 2.92 bits per heavy atom. The van der Waals surface area contributed by atoms with Crippen molar-refractivity contribution in [3.8, 4) is 0 Å². The Kier molecular flexibility index (Phi) is 2.36. The van der Waals surface area contributed by atoms with Crippen LogP contribution in [-0.2, 0) is 0 Å². The number of nitrogens with zero attached hydrogens (tertiary/aromatic N) is 2. The average Bonchev–Trinajstić information content (AvgIpc) is 2.00. The van der Waals surface area contributed by atoms with Crippen molar-refractivity contribution in [2.45, 2.75) is 20.3 Å². The van der Waals surface area contributed by atoms with Crippen LogP contribution < -0.4 is 0 Å². The molecular weight excluding hydrogens is 148 g/mol. The van der Waals surface area contributed by atoms with E-state index in [-0.39, 0.29) is 5.41 Å². The van der Waals surface area contributed by atoms with Gasteiger partial charge in [-0.1, -0.05) is 20.4 Å². The first-order chi connectivity index (χ1) is 5.54. The summed E-state index contributed by atoms with van der Waals surface area (Å²) in [6.07, 6.45) is 6.61. The highest BCUT2D eigenvalue weighted by atomic mass is 15.1. The second kappa shape index (κ2) is 3.13. The van der Waals surface area contributed by atoms with Crippen molar-refractivity contribution in [2.24, 2.45) is 10.4 Å². The fraction of sp³-hybridized carbons (Fsp3) is 0.500. The van der Waals surface area contributed by atoms with Crippen LogP contribution in [0.25, 0.3) is 0 Å². The van der Waals surface area contributed by atoms with E-state index < -0.39 is 0 Å². The molecule has 0 saturated heterocycles. The first-order valence-corrected chi connectivity index (χ1v) is 4.14. The molecule has 0 saturated carbocycles. The quantitative estimate of drug-likeness (QED) is 0.537. The van der Waals surface area contributed by atoms with Gasteiger partial charge >= 0.3 is 0 Å². The Labute approximate surface area is 74.3 Å². The molecule has 0 fully saturated rings. The predicted octanol–water partition coefficient (Wildman–Crippen LogP) is 2.40. The molecule has 1 rings (SSSR count). The third-order valence-corrected chi connectivity index (χ3v) is 2.29. The number of hydrogen-bond acceptors (Lipinski definition) is 2. The van der Waals surface area contributed by atoms with Crippen LogP contribution in [0.1, 0.15) is 20.3 Å². The molecule has 1 aliphatic rings. The summed E-state index contributed by atoms with van der Waals surface area (Å²) >= 11 is 0. The van der Waals surface area contributed by atoms with Crippen LogP contribution in [0.4, 0.5) is 0 Å². The van der Waals surface area contributed by atoms with Crippen molar-refractivity contribution in [2.75, 3.05) is 7.05 Å². The molecule has 12 heavy (non-hydrogen) atoms. The first kappa shape index (κ1) is 9.04. The number of aliphatic imine (C=N–C) groups is 1. The standard InChI is InChI=1S/C10H16N2/c1-9-10(2,3)5-6-11-7-8-12(9)4/h6-8H,1,5H2,2-4H3/b8-7-,11-6-. The summed E-state index contributed by atoms with van der Waals surface area (Å²) in [5.41, 5.74) is 1.24. The molecule has 66 valence electrons. The molecule has 1 aliphatic heterocycles. The second-order valence-corrected chi connectivity index (χ2v) is 3.78. The van der Waals surface area contributed by atoms with E-state index in [2.05, 4.69) is 25.4 Å². The molecule has 2 heteroatoms. The molecular formula is C10H16N2. The minimum Gasteiger partial charge on any atom is -0.353 e. The predicted molar refractivity (Wildman–Crippen MR) is 52.9 cm³/mol. The summed E-state index contributed by atoms with van der Waals surface area (Å²) < 4.78 is 0. The highest BCUT2D eigenvalue weighted by Gasteiger charge is 2.23. The topological polar surface area (TPSA) is 15.6 Å². The smallest absolute Gasteiger partial charge is 0.0426 e. The van der Waals surface area contributed by atoms with E-state index in [1.807, 2.05) is 24.4 Å². The molecule has 0 aromatic rings. The lowest BCUT2D eigenvalue weighted by molar-refractivity contribution is 0.358. The highest BCUT2D eigenvalue weighted by Crippen LogP contribution is 2.30. The zero-order valence-electron chi connectivity index (χ0n) is 8.04. The van der Waals surface area contributed by atoms with Crippen LogP contribution in [-0.4, -0.2) is 18.2 Å². The third-order valence-electron chi connectivity index (χ3n) is 2.29. The molecule has 1 heterocycles. The van der Waals surface area contributed by atoms with Gasteiger partial charge in [-0.15, -0.1) is 0 Å². The molecule has 0 spiro atoms. The molecule has 2 nitrogen and oxygen atoms in total. The van der Waals surface area contributed by atoms with Gasteiger partial charge in [0.05, 0.1) is 0 Å².